The molecular formula is C28H31ClFN3O4S. The van der Waals surface area contributed by atoms with E-state index >= 15 is 0 Å². The van der Waals surface area contributed by atoms with Crippen molar-refractivity contribution in [3.05, 3.63) is 53.3 Å². The predicted molar refractivity (Wildman–Crippen MR) is 141 cm³/mol. The zero-order valence-corrected chi connectivity index (χ0v) is 22.7. The lowest BCUT2D eigenvalue weighted by Gasteiger charge is -2.59. The van der Waals surface area contributed by atoms with Crippen molar-refractivity contribution >= 4 is 33.4 Å². The van der Waals surface area contributed by atoms with Gasteiger partial charge in [0.1, 0.15) is 11.4 Å². The number of sulfonamides is 1. The molecule has 5 fully saturated rings. The molecule has 0 aliphatic heterocycles. The van der Waals surface area contributed by atoms with Crippen molar-refractivity contribution in [3.63, 3.8) is 0 Å². The van der Waals surface area contributed by atoms with Crippen LogP contribution in [-0.2, 0) is 19.6 Å². The minimum absolute atomic E-state index is 0.00652. The fraction of sp³-hybridized carbons (Fsp3) is 0.500. The Hall–Kier alpha value is -2.49. The average molecular weight is 560 g/mol. The average Bonchev–Trinajstić information content (AvgIpc) is 3.68. The highest BCUT2D eigenvalue weighted by Crippen LogP contribution is 2.60. The van der Waals surface area contributed by atoms with Crippen molar-refractivity contribution in [3.8, 4) is 11.1 Å². The monoisotopic (exact) mass is 559 g/mol. The van der Waals surface area contributed by atoms with Gasteiger partial charge in [-0.3, -0.25) is 9.59 Å². The highest BCUT2D eigenvalue weighted by atomic mass is 35.5. The summed E-state index contributed by atoms with van der Waals surface area (Å²) < 4.78 is 41.7. The second-order valence-electron chi connectivity index (χ2n) is 11.8. The molecule has 0 heterocycles. The Morgan fingerprint density at radius 3 is 2.24 bits per heavy atom. The number of primary amides is 1. The molecular weight excluding hydrogens is 529 g/mol. The van der Waals surface area contributed by atoms with Gasteiger partial charge in [-0.25, -0.2) is 12.8 Å². The zero-order chi connectivity index (χ0) is 27.0. The van der Waals surface area contributed by atoms with Gasteiger partial charge in [0, 0.05) is 29.1 Å². The molecule has 5 aliphatic rings. The molecule has 5 saturated carbocycles. The number of rotatable bonds is 7. The van der Waals surface area contributed by atoms with Crippen LogP contribution in [0.15, 0.2) is 47.4 Å². The van der Waals surface area contributed by atoms with Crippen LogP contribution in [0.25, 0.3) is 11.1 Å². The Kier molecular flexibility index (Phi) is 5.94. The molecule has 0 saturated heterocycles. The molecule has 38 heavy (non-hydrogen) atoms. The summed E-state index contributed by atoms with van der Waals surface area (Å²) in [6.07, 6.45) is 5.05. The molecule has 202 valence electrons. The maximum absolute atomic E-state index is 13.6. The van der Waals surface area contributed by atoms with Crippen LogP contribution in [0.2, 0.25) is 5.02 Å². The normalized spacial score (nSPS) is 30.8. The second kappa shape index (κ2) is 8.76. The van der Waals surface area contributed by atoms with E-state index in [4.69, 9.17) is 17.3 Å². The first-order valence-corrected chi connectivity index (χ1v) is 14.9. The fourth-order valence-corrected chi connectivity index (χ4v) is 9.46. The Bertz CT molecular complexity index is 1410. The van der Waals surface area contributed by atoms with E-state index in [-0.39, 0.29) is 45.4 Å². The topological polar surface area (TPSA) is 110 Å². The lowest BCUT2D eigenvalue weighted by Crippen LogP contribution is -2.64. The summed E-state index contributed by atoms with van der Waals surface area (Å²) in [6.45, 7) is 0. The first-order valence-electron chi connectivity index (χ1n) is 13.1. The van der Waals surface area contributed by atoms with Gasteiger partial charge in [-0.2, -0.15) is 4.31 Å². The van der Waals surface area contributed by atoms with Crippen LogP contribution in [0.3, 0.4) is 0 Å². The number of carbonyl (C=O) groups excluding carboxylic acids is 2. The van der Waals surface area contributed by atoms with Crippen LogP contribution in [0.5, 0.6) is 0 Å². The number of hydrogen-bond acceptors (Lipinski definition) is 4. The van der Waals surface area contributed by atoms with Gasteiger partial charge in [-0.1, -0.05) is 29.8 Å². The van der Waals surface area contributed by atoms with E-state index < -0.39 is 21.0 Å². The summed E-state index contributed by atoms with van der Waals surface area (Å²) in [7, 11) is -2.58. The number of carbonyl (C=O) groups is 2. The molecule has 2 aromatic rings. The van der Waals surface area contributed by atoms with Crippen molar-refractivity contribution in [1.29, 1.82) is 0 Å². The summed E-state index contributed by atoms with van der Waals surface area (Å²) in [4.78, 5) is 25.9. The number of halogens is 2. The SMILES string of the molecule is CN(C1(C(=O)NC2C3CC4CC2CC(C(N)=O)(C4)C3)CC1)S(=O)(=O)c1ccc(-c2ccc(F)cc2)c(Cl)c1. The Morgan fingerprint density at radius 1 is 1.05 bits per heavy atom. The van der Waals surface area contributed by atoms with Crippen molar-refractivity contribution in [2.24, 2.45) is 28.9 Å². The molecule has 0 radical (unpaired) electrons. The lowest BCUT2D eigenvalue weighted by molar-refractivity contribution is -0.148. The zero-order valence-electron chi connectivity index (χ0n) is 21.1. The van der Waals surface area contributed by atoms with E-state index in [1.807, 2.05) is 0 Å². The van der Waals surface area contributed by atoms with Gasteiger partial charge < -0.3 is 11.1 Å². The summed E-state index contributed by atoms with van der Waals surface area (Å²) in [5, 5.41) is 3.44. The van der Waals surface area contributed by atoms with Crippen LogP contribution in [0, 0.1) is 29.0 Å². The molecule has 2 aromatic carbocycles. The Balaban J connectivity index is 1.20. The summed E-state index contributed by atoms with van der Waals surface area (Å²) >= 11 is 6.45. The van der Waals surface area contributed by atoms with E-state index in [0.29, 0.717) is 42.7 Å². The van der Waals surface area contributed by atoms with E-state index in [9.17, 15) is 22.4 Å². The molecule has 7 nitrogen and oxygen atoms in total. The Labute approximate surface area is 227 Å². The van der Waals surface area contributed by atoms with E-state index in [1.165, 1.54) is 35.6 Å². The molecule has 0 aromatic heterocycles. The molecule has 3 N–H and O–H groups in total. The summed E-state index contributed by atoms with van der Waals surface area (Å²) in [5.74, 6) is -0.0339. The molecule has 2 atom stereocenters. The quantitative estimate of drug-likeness (QED) is 0.532. The molecule has 7 rings (SSSR count). The molecule has 2 unspecified atom stereocenters. The van der Waals surface area contributed by atoms with Gasteiger partial charge in [-0.05, 0) is 92.5 Å². The van der Waals surface area contributed by atoms with Gasteiger partial charge in [0.05, 0.1) is 4.90 Å². The number of benzene rings is 2. The van der Waals surface area contributed by atoms with Gasteiger partial charge in [-0.15, -0.1) is 0 Å². The van der Waals surface area contributed by atoms with Crippen LogP contribution in [0.1, 0.15) is 44.9 Å². The maximum atomic E-state index is 13.6. The smallest absolute Gasteiger partial charge is 0.243 e. The van der Waals surface area contributed by atoms with Crippen molar-refractivity contribution in [2.45, 2.75) is 61.4 Å². The number of nitrogens with one attached hydrogen (secondary N) is 1. The van der Waals surface area contributed by atoms with E-state index in [2.05, 4.69) is 5.32 Å². The highest BCUT2D eigenvalue weighted by molar-refractivity contribution is 7.89. The molecule has 5 aliphatic carbocycles. The van der Waals surface area contributed by atoms with Gasteiger partial charge >= 0.3 is 0 Å². The molecule has 10 heteroatoms. The van der Waals surface area contributed by atoms with Crippen molar-refractivity contribution in [1.82, 2.24) is 9.62 Å². The van der Waals surface area contributed by atoms with E-state index in [0.717, 1.165) is 19.3 Å². The summed E-state index contributed by atoms with van der Waals surface area (Å²) in [5.41, 5.74) is 5.46. The molecule has 0 spiro atoms. The minimum atomic E-state index is -4.02. The van der Waals surface area contributed by atoms with Gasteiger partial charge in [0.15, 0.2) is 0 Å². The number of nitrogens with zero attached hydrogens (tertiary/aromatic N) is 1. The third kappa shape index (κ3) is 3.97. The number of likely N-dealkylation sites (N-methyl/N-ethyl adjacent to an activating group) is 1. The third-order valence-corrected chi connectivity index (χ3v) is 11.8. The predicted octanol–water partition coefficient (Wildman–Crippen LogP) is 4.10. The fourth-order valence-electron chi connectivity index (χ4n) is 7.56. The summed E-state index contributed by atoms with van der Waals surface area (Å²) in [6, 6.07) is 10.2. The number of nitrogens with two attached hydrogens (primary N) is 1. The lowest BCUT2D eigenvalue weighted by atomic mass is 9.47. The molecule has 2 amide bonds. The maximum Gasteiger partial charge on any atom is 0.243 e. The minimum Gasteiger partial charge on any atom is -0.369 e. The standard InChI is InChI=1S/C28H31ClFN3O4S/c1-33(38(36,37)21-6-7-22(23(29)12-21)17-2-4-20(30)5-3-17)28(8-9-28)26(35)32-24-18-10-16-11-19(24)15-27(13-16,14-18)25(31)34/h2-7,12,16,18-19,24H,8-11,13-15H2,1H3,(H2,31,34)(H,32,35). The van der Waals surface area contributed by atoms with E-state index in [1.54, 1.807) is 18.2 Å². The largest absolute Gasteiger partial charge is 0.369 e. The number of amides is 2. The number of hydrogen-bond donors (Lipinski definition) is 2. The van der Waals surface area contributed by atoms with Gasteiger partial charge in [0.2, 0.25) is 21.8 Å². The first kappa shape index (κ1) is 25.8. The van der Waals surface area contributed by atoms with Crippen LogP contribution in [0.4, 0.5) is 4.39 Å². The Morgan fingerprint density at radius 2 is 1.68 bits per heavy atom. The molecule has 4 bridgehead atoms. The van der Waals surface area contributed by atoms with Gasteiger partial charge in [0.25, 0.3) is 0 Å². The van der Waals surface area contributed by atoms with Crippen molar-refractivity contribution in [2.75, 3.05) is 7.05 Å². The van der Waals surface area contributed by atoms with Crippen LogP contribution in [-0.4, -0.2) is 43.2 Å². The van der Waals surface area contributed by atoms with Crippen molar-refractivity contribution < 1.29 is 22.4 Å². The van der Waals surface area contributed by atoms with Crippen LogP contribution >= 0.6 is 11.6 Å². The highest BCUT2D eigenvalue weighted by Gasteiger charge is 2.61. The van der Waals surface area contributed by atoms with Crippen LogP contribution < -0.4 is 11.1 Å². The third-order valence-electron chi connectivity index (χ3n) is 9.60. The second-order valence-corrected chi connectivity index (χ2v) is 14.1. The first-order chi connectivity index (χ1) is 17.9.